The maximum atomic E-state index is 12.9. The standard InChI is InChI=1S/C14H20BrNO3S/c1-3-16(12-6-4-5-7-12)20(17,18)14-10-11(15)8-9-13(14)19-2/h8-10,12H,3-7H2,1-2H3. The second kappa shape index (κ2) is 6.45. The highest BCUT2D eigenvalue weighted by Crippen LogP contribution is 2.33. The molecule has 0 spiro atoms. The van der Waals surface area contributed by atoms with E-state index in [4.69, 9.17) is 4.74 Å². The Balaban J connectivity index is 2.44. The maximum Gasteiger partial charge on any atom is 0.247 e. The highest BCUT2D eigenvalue weighted by molar-refractivity contribution is 9.10. The van der Waals surface area contributed by atoms with Crippen LogP contribution in [0, 0.1) is 0 Å². The van der Waals surface area contributed by atoms with Crippen LogP contribution in [0.25, 0.3) is 0 Å². The fourth-order valence-corrected chi connectivity index (χ4v) is 5.19. The zero-order chi connectivity index (χ0) is 14.8. The Labute approximate surface area is 129 Å². The molecule has 0 saturated heterocycles. The predicted molar refractivity (Wildman–Crippen MR) is 82.5 cm³/mol. The lowest BCUT2D eigenvalue weighted by atomic mass is 10.2. The Bertz CT molecular complexity index is 568. The Hall–Kier alpha value is -0.590. The molecule has 112 valence electrons. The maximum absolute atomic E-state index is 12.9. The van der Waals surface area contributed by atoms with Gasteiger partial charge in [0.05, 0.1) is 7.11 Å². The molecule has 0 atom stereocenters. The Morgan fingerprint density at radius 1 is 1.35 bits per heavy atom. The molecule has 0 heterocycles. The first kappa shape index (κ1) is 15.8. The second-order valence-corrected chi connectivity index (χ2v) is 7.72. The molecule has 0 aromatic heterocycles. The quantitative estimate of drug-likeness (QED) is 0.807. The third-order valence-electron chi connectivity index (χ3n) is 3.76. The number of sulfonamides is 1. The van der Waals surface area contributed by atoms with Gasteiger partial charge in [-0.05, 0) is 31.0 Å². The summed E-state index contributed by atoms with van der Waals surface area (Å²) in [6.07, 6.45) is 4.10. The van der Waals surface area contributed by atoms with E-state index in [-0.39, 0.29) is 10.9 Å². The molecule has 1 aliphatic rings. The van der Waals surface area contributed by atoms with Gasteiger partial charge >= 0.3 is 0 Å². The summed E-state index contributed by atoms with van der Waals surface area (Å²) in [6, 6.07) is 5.20. The van der Waals surface area contributed by atoms with Crippen LogP contribution in [0.4, 0.5) is 0 Å². The number of hydrogen-bond donors (Lipinski definition) is 0. The molecule has 4 nitrogen and oxygen atoms in total. The SMILES string of the molecule is CCN(C1CCCC1)S(=O)(=O)c1cc(Br)ccc1OC. The van der Waals surface area contributed by atoms with Crippen LogP contribution in [0.15, 0.2) is 27.6 Å². The highest BCUT2D eigenvalue weighted by Gasteiger charge is 2.33. The van der Waals surface area contributed by atoms with E-state index < -0.39 is 10.0 Å². The van der Waals surface area contributed by atoms with Crippen LogP contribution in [0.3, 0.4) is 0 Å². The van der Waals surface area contributed by atoms with Crippen LogP contribution < -0.4 is 4.74 Å². The molecule has 1 fully saturated rings. The van der Waals surface area contributed by atoms with Gasteiger partial charge in [0.15, 0.2) is 0 Å². The summed E-state index contributed by atoms with van der Waals surface area (Å²) in [7, 11) is -2.03. The molecule has 0 bridgehead atoms. The Morgan fingerprint density at radius 2 is 2.00 bits per heavy atom. The van der Waals surface area contributed by atoms with Crippen molar-refractivity contribution in [3.63, 3.8) is 0 Å². The molecule has 1 aliphatic carbocycles. The van der Waals surface area contributed by atoms with Crippen molar-refractivity contribution < 1.29 is 13.2 Å². The fraction of sp³-hybridized carbons (Fsp3) is 0.571. The van der Waals surface area contributed by atoms with Crippen molar-refractivity contribution in [2.45, 2.75) is 43.5 Å². The summed E-state index contributed by atoms with van der Waals surface area (Å²) in [4.78, 5) is 0.239. The van der Waals surface area contributed by atoms with Crippen LogP contribution in [0.2, 0.25) is 0 Å². The van der Waals surface area contributed by atoms with Crippen LogP contribution in [0.1, 0.15) is 32.6 Å². The van der Waals surface area contributed by atoms with Crippen molar-refractivity contribution in [3.05, 3.63) is 22.7 Å². The normalized spacial score (nSPS) is 16.8. The van der Waals surface area contributed by atoms with Gasteiger partial charge in [0.2, 0.25) is 10.0 Å². The summed E-state index contributed by atoms with van der Waals surface area (Å²) in [6.45, 7) is 2.38. The summed E-state index contributed by atoms with van der Waals surface area (Å²) in [5.74, 6) is 0.393. The first-order valence-corrected chi connectivity index (χ1v) is 9.09. The van der Waals surface area contributed by atoms with E-state index in [0.717, 1.165) is 30.2 Å². The first-order valence-electron chi connectivity index (χ1n) is 6.86. The largest absolute Gasteiger partial charge is 0.495 e. The summed E-state index contributed by atoms with van der Waals surface area (Å²) in [5, 5.41) is 0. The monoisotopic (exact) mass is 361 g/mol. The number of rotatable bonds is 5. The second-order valence-electron chi connectivity index (χ2n) is 4.94. The van der Waals surface area contributed by atoms with Crippen LogP contribution in [-0.4, -0.2) is 32.4 Å². The average molecular weight is 362 g/mol. The molecule has 1 saturated carbocycles. The zero-order valence-corrected chi connectivity index (χ0v) is 14.2. The summed E-state index contributed by atoms with van der Waals surface area (Å²) in [5.41, 5.74) is 0. The lowest BCUT2D eigenvalue weighted by Gasteiger charge is -2.27. The van der Waals surface area contributed by atoms with Gasteiger partial charge in [0.25, 0.3) is 0 Å². The van der Waals surface area contributed by atoms with Crippen molar-refractivity contribution in [1.29, 1.82) is 0 Å². The molecular formula is C14H20BrNO3S. The van der Waals surface area contributed by atoms with E-state index in [0.29, 0.717) is 12.3 Å². The molecule has 0 unspecified atom stereocenters. The van der Waals surface area contributed by atoms with Crippen molar-refractivity contribution in [2.24, 2.45) is 0 Å². The predicted octanol–water partition coefficient (Wildman–Crippen LogP) is 3.41. The van der Waals surface area contributed by atoms with Crippen molar-refractivity contribution in [2.75, 3.05) is 13.7 Å². The number of ether oxygens (including phenoxy) is 1. The molecule has 0 amide bonds. The van der Waals surface area contributed by atoms with E-state index in [1.165, 1.54) is 7.11 Å². The van der Waals surface area contributed by atoms with Gasteiger partial charge in [-0.1, -0.05) is 35.7 Å². The molecule has 0 radical (unpaired) electrons. The van der Waals surface area contributed by atoms with Gasteiger partial charge in [-0.3, -0.25) is 0 Å². The highest BCUT2D eigenvalue weighted by atomic mass is 79.9. The fourth-order valence-electron chi connectivity index (χ4n) is 2.80. The molecule has 6 heteroatoms. The number of hydrogen-bond acceptors (Lipinski definition) is 3. The van der Waals surface area contributed by atoms with Crippen LogP contribution in [-0.2, 0) is 10.0 Å². The van der Waals surface area contributed by atoms with E-state index in [1.807, 2.05) is 6.92 Å². The zero-order valence-electron chi connectivity index (χ0n) is 11.8. The minimum absolute atomic E-state index is 0.119. The van der Waals surface area contributed by atoms with Gasteiger partial charge in [0.1, 0.15) is 10.6 Å². The van der Waals surface area contributed by atoms with Gasteiger partial charge in [0, 0.05) is 17.1 Å². The lowest BCUT2D eigenvalue weighted by Crippen LogP contribution is -2.38. The number of halogens is 1. The number of methoxy groups -OCH3 is 1. The van der Waals surface area contributed by atoms with E-state index in [9.17, 15) is 8.42 Å². The molecule has 0 aliphatic heterocycles. The van der Waals surface area contributed by atoms with Crippen molar-refractivity contribution in [1.82, 2.24) is 4.31 Å². The van der Waals surface area contributed by atoms with E-state index in [2.05, 4.69) is 15.9 Å². The third-order valence-corrected chi connectivity index (χ3v) is 6.30. The van der Waals surface area contributed by atoms with Crippen LogP contribution >= 0.6 is 15.9 Å². The molecular weight excluding hydrogens is 342 g/mol. The van der Waals surface area contributed by atoms with Gasteiger partial charge in [-0.25, -0.2) is 8.42 Å². The van der Waals surface area contributed by atoms with Crippen LogP contribution in [0.5, 0.6) is 5.75 Å². The topological polar surface area (TPSA) is 46.6 Å². The van der Waals surface area contributed by atoms with Crippen molar-refractivity contribution in [3.8, 4) is 5.75 Å². The number of benzene rings is 1. The average Bonchev–Trinajstić information content (AvgIpc) is 2.93. The Morgan fingerprint density at radius 3 is 2.55 bits per heavy atom. The van der Waals surface area contributed by atoms with Crippen molar-refractivity contribution >= 4 is 26.0 Å². The van der Waals surface area contributed by atoms with E-state index in [1.54, 1.807) is 22.5 Å². The summed E-state index contributed by atoms with van der Waals surface area (Å²) >= 11 is 3.33. The first-order chi connectivity index (χ1) is 9.50. The minimum atomic E-state index is -3.52. The lowest BCUT2D eigenvalue weighted by molar-refractivity contribution is 0.332. The third kappa shape index (κ3) is 3.02. The Kier molecular flexibility index (Phi) is 5.09. The molecule has 0 N–H and O–H groups in total. The smallest absolute Gasteiger partial charge is 0.247 e. The van der Waals surface area contributed by atoms with Gasteiger partial charge in [-0.2, -0.15) is 4.31 Å². The molecule has 2 rings (SSSR count). The van der Waals surface area contributed by atoms with Gasteiger partial charge < -0.3 is 4.74 Å². The minimum Gasteiger partial charge on any atom is -0.495 e. The van der Waals surface area contributed by atoms with Gasteiger partial charge in [-0.15, -0.1) is 0 Å². The summed E-state index contributed by atoms with van der Waals surface area (Å²) < 4.78 is 33.4. The molecule has 1 aromatic rings. The van der Waals surface area contributed by atoms with E-state index >= 15 is 0 Å². The molecule has 20 heavy (non-hydrogen) atoms. The molecule has 1 aromatic carbocycles. The number of nitrogens with zero attached hydrogens (tertiary/aromatic N) is 1.